The number of nitrogens with zero attached hydrogens (tertiary/aromatic N) is 1. The molecule has 0 atom stereocenters. The predicted molar refractivity (Wildman–Crippen MR) is 41.0 cm³/mol. The summed E-state index contributed by atoms with van der Waals surface area (Å²) in [6.45, 7) is 0.872. The summed E-state index contributed by atoms with van der Waals surface area (Å²) < 4.78 is 0. The lowest BCUT2D eigenvalue weighted by molar-refractivity contribution is 0.823. The van der Waals surface area contributed by atoms with Crippen molar-refractivity contribution in [1.29, 1.82) is 0 Å². The molecule has 0 unspecified atom stereocenters. The van der Waals surface area contributed by atoms with Crippen LogP contribution < -0.4 is 5.43 Å². The lowest BCUT2D eigenvalue weighted by Gasteiger charge is -1.93. The molecule has 0 saturated carbocycles. The topological polar surface area (TPSA) is 24.4 Å². The van der Waals surface area contributed by atoms with Crippen LogP contribution in [0.15, 0.2) is 17.3 Å². The number of hydrazone groups is 1. The van der Waals surface area contributed by atoms with Crippen LogP contribution in [0.1, 0.15) is 0 Å². The van der Waals surface area contributed by atoms with Crippen LogP contribution in [-0.4, -0.2) is 12.8 Å². The molecule has 40 valence electrons. The molecule has 0 fully saturated rings. The van der Waals surface area contributed by atoms with E-state index in [9.17, 15) is 0 Å². The fourth-order valence-electron chi connectivity index (χ4n) is 0.330. The van der Waals surface area contributed by atoms with Gasteiger partial charge in [0.25, 0.3) is 0 Å². The number of hydrogen-bond donors (Lipinski definition) is 1. The van der Waals surface area contributed by atoms with E-state index in [4.69, 9.17) is 0 Å². The minimum Gasteiger partial charge on any atom is -0.306 e. The van der Waals surface area contributed by atoms with E-state index in [1.807, 2.05) is 12.2 Å². The van der Waals surface area contributed by atoms with Crippen molar-refractivity contribution in [3.8, 4) is 0 Å². The lowest BCUT2D eigenvalue weighted by atomic mass is 10.5. The minimum atomic E-state index is 0. The molecule has 7 heavy (non-hydrogen) atoms. The van der Waals surface area contributed by atoms with Gasteiger partial charge in [0.2, 0.25) is 0 Å². The normalized spacial score (nSPS) is 14.9. The zero-order chi connectivity index (χ0) is 4.24. The molecule has 1 N–H and O–H groups in total. The monoisotopic (exact) mass is 210 g/mol. The predicted octanol–water partition coefficient (Wildman–Crippen LogP) is 0.750. The van der Waals surface area contributed by atoms with Gasteiger partial charge in [0.05, 0.1) is 6.54 Å². The van der Waals surface area contributed by atoms with Crippen molar-refractivity contribution < 1.29 is 0 Å². The molecule has 0 aromatic rings. The molecular weight excluding hydrogens is 203 g/mol. The maximum atomic E-state index is 3.72. The first-order chi connectivity index (χ1) is 3.00. The highest BCUT2D eigenvalue weighted by Gasteiger charge is 1.74. The minimum absolute atomic E-state index is 0. The second-order valence-electron chi connectivity index (χ2n) is 1.07. The van der Waals surface area contributed by atoms with E-state index in [1.54, 1.807) is 6.21 Å². The molecule has 0 bridgehead atoms. The molecule has 1 aliphatic heterocycles. The molecule has 0 aliphatic carbocycles. The van der Waals surface area contributed by atoms with Crippen molar-refractivity contribution in [1.82, 2.24) is 5.43 Å². The van der Waals surface area contributed by atoms with Gasteiger partial charge in [0.1, 0.15) is 0 Å². The Bertz CT molecular complexity index is 75.7. The third kappa shape index (κ3) is 2.61. The third-order valence-electron chi connectivity index (χ3n) is 0.597. The van der Waals surface area contributed by atoms with Gasteiger partial charge in [0.15, 0.2) is 0 Å². The van der Waals surface area contributed by atoms with Gasteiger partial charge in [-0.1, -0.05) is 6.08 Å². The maximum Gasteiger partial charge on any atom is 0.0514 e. The van der Waals surface area contributed by atoms with E-state index in [2.05, 4.69) is 10.5 Å². The molecule has 2 nitrogen and oxygen atoms in total. The summed E-state index contributed by atoms with van der Waals surface area (Å²) in [5.41, 5.74) is 2.77. The average molecular weight is 210 g/mol. The fourth-order valence-corrected chi connectivity index (χ4v) is 0.330. The Balaban J connectivity index is 0.000000360. The van der Waals surface area contributed by atoms with Crippen LogP contribution in [0, 0.1) is 0 Å². The summed E-state index contributed by atoms with van der Waals surface area (Å²) in [4.78, 5) is 0. The number of nitrogens with one attached hydrogen (secondary N) is 1. The van der Waals surface area contributed by atoms with E-state index in [0.29, 0.717) is 0 Å². The van der Waals surface area contributed by atoms with Crippen LogP contribution in [0.4, 0.5) is 0 Å². The fraction of sp³-hybridized carbons (Fsp3) is 0.250. The summed E-state index contributed by atoms with van der Waals surface area (Å²) in [6.07, 6.45) is 5.65. The number of rotatable bonds is 0. The summed E-state index contributed by atoms with van der Waals surface area (Å²) in [5.74, 6) is 0. The first-order valence-corrected chi connectivity index (χ1v) is 1.91. The molecule has 1 heterocycles. The lowest BCUT2D eigenvalue weighted by Crippen LogP contribution is -2.07. The smallest absolute Gasteiger partial charge is 0.0514 e. The summed E-state index contributed by atoms with van der Waals surface area (Å²) in [7, 11) is 0. The molecule has 0 saturated heterocycles. The van der Waals surface area contributed by atoms with Crippen molar-refractivity contribution in [3.63, 3.8) is 0 Å². The number of halogens is 1. The Hall–Kier alpha value is -0.0600. The van der Waals surface area contributed by atoms with Gasteiger partial charge in [-0.15, -0.1) is 24.0 Å². The van der Waals surface area contributed by atoms with Gasteiger partial charge in [-0.3, -0.25) is 0 Å². The Morgan fingerprint density at radius 1 is 1.57 bits per heavy atom. The SMILES string of the molecule is C1=CCNN=C1.I. The van der Waals surface area contributed by atoms with Gasteiger partial charge in [-0.05, 0) is 6.08 Å². The highest BCUT2D eigenvalue weighted by Crippen LogP contribution is 1.71. The van der Waals surface area contributed by atoms with Gasteiger partial charge in [0, 0.05) is 6.21 Å². The molecule has 1 aliphatic rings. The third-order valence-corrected chi connectivity index (χ3v) is 0.597. The second kappa shape index (κ2) is 4.11. The largest absolute Gasteiger partial charge is 0.306 e. The molecule has 0 amide bonds. The molecule has 0 radical (unpaired) electrons. The Morgan fingerprint density at radius 3 is 2.57 bits per heavy atom. The first-order valence-electron chi connectivity index (χ1n) is 1.91. The zero-order valence-corrected chi connectivity index (χ0v) is 6.12. The van der Waals surface area contributed by atoms with Gasteiger partial charge in [-0.25, -0.2) is 0 Å². The summed E-state index contributed by atoms with van der Waals surface area (Å²) in [5, 5.41) is 3.72. The standard InChI is InChI=1S/C4H6N2.HI/c1-2-4-6-5-3-1;/h1-3,6H,4H2;1H. The first kappa shape index (κ1) is 6.94. The van der Waals surface area contributed by atoms with E-state index >= 15 is 0 Å². The molecule has 0 spiro atoms. The summed E-state index contributed by atoms with van der Waals surface area (Å²) >= 11 is 0. The zero-order valence-electron chi connectivity index (χ0n) is 3.79. The van der Waals surface area contributed by atoms with Crippen LogP contribution in [-0.2, 0) is 0 Å². The number of hydrogen-bond acceptors (Lipinski definition) is 2. The highest BCUT2D eigenvalue weighted by atomic mass is 127. The Morgan fingerprint density at radius 2 is 2.43 bits per heavy atom. The van der Waals surface area contributed by atoms with Crippen LogP contribution in [0.25, 0.3) is 0 Å². The average Bonchev–Trinajstić information content (AvgIpc) is 1.72. The molecule has 1 rings (SSSR count). The summed E-state index contributed by atoms with van der Waals surface area (Å²) in [6, 6.07) is 0. The van der Waals surface area contributed by atoms with Crippen LogP contribution in [0.5, 0.6) is 0 Å². The van der Waals surface area contributed by atoms with Crippen molar-refractivity contribution >= 4 is 30.2 Å². The van der Waals surface area contributed by atoms with Crippen LogP contribution in [0.3, 0.4) is 0 Å². The van der Waals surface area contributed by atoms with E-state index < -0.39 is 0 Å². The molecule has 0 aromatic carbocycles. The van der Waals surface area contributed by atoms with Crippen molar-refractivity contribution in [2.45, 2.75) is 0 Å². The molecule has 0 aromatic heterocycles. The quantitative estimate of drug-likeness (QED) is 0.586. The van der Waals surface area contributed by atoms with Crippen molar-refractivity contribution in [2.75, 3.05) is 6.54 Å². The van der Waals surface area contributed by atoms with E-state index in [-0.39, 0.29) is 24.0 Å². The van der Waals surface area contributed by atoms with E-state index in [0.717, 1.165) is 6.54 Å². The van der Waals surface area contributed by atoms with Crippen LogP contribution >= 0.6 is 24.0 Å². The molecular formula is C4H7IN2. The van der Waals surface area contributed by atoms with Gasteiger partial charge < -0.3 is 5.43 Å². The Labute approximate surface area is 59.7 Å². The highest BCUT2D eigenvalue weighted by molar-refractivity contribution is 14.0. The molecule has 3 heteroatoms. The van der Waals surface area contributed by atoms with Crippen molar-refractivity contribution in [2.24, 2.45) is 5.10 Å². The maximum absolute atomic E-state index is 3.72. The Kier molecular flexibility index (Phi) is 4.07. The number of allylic oxidation sites excluding steroid dienone is 1. The van der Waals surface area contributed by atoms with Crippen molar-refractivity contribution in [3.05, 3.63) is 12.2 Å². The van der Waals surface area contributed by atoms with E-state index in [1.165, 1.54) is 0 Å². The van der Waals surface area contributed by atoms with Gasteiger partial charge in [-0.2, -0.15) is 5.10 Å². The van der Waals surface area contributed by atoms with Gasteiger partial charge >= 0.3 is 0 Å². The van der Waals surface area contributed by atoms with Crippen LogP contribution in [0.2, 0.25) is 0 Å². The second-order valence-corrected chi connectivity index (χ2v) is 1.07.